The lowest BCUT2D eigenvalue weighted by molar-refractivity contribution is -0.185. The van der Waals surface area contributed by atoms with E-state index >= 15 is 0 Å². The van der Waals surface area contributed by atoms with Crippen LogP contribution < -0.4 is 10.6 Å². The largest absolute Gasteiger partial charge is 0.391 e. The maximum atomic E-state index is 12.8. The van der Waals surface area contributed by atoms with Crippen LogP contribution in [0, 0.1) is 11.8 Å². The van der Waals surface area contributed by atoms with Gasteiger partial charge in [0.15, 0.2) is 5.96 Å². The molecule has 4 nitrogen and oxygen atoms in total. The van der Waals surface area contributed by atoms with Gasteiger partial charge in [0.25, 0.3) is 0 Å². The third-order valence-corrected chi connectivity index (χ3v) is 4.80. The minimum absolute atomic E-state index is 0. The van der Waals surface area contributed by atoms with Crippen LogP contribution in [0.2, 0.25) is 0 Å². The van der Waals surface area contributed by atoms with Crippen LogP contribution in [0.3, 0.4) is 0 Å². The molecule has 1 saturated heterocycles. The average Bonchev–Trinajstić information content (AvgIpc) is 2.55. The molecule has 1 heterocycles. The minimum Gasteiger partial charge on any atom is -0.376 e. The molecule has 0 aromatic rings. The molecule has 1 aliphatic carbocycles. The standard InChI is InChI=1S/C16H28F3N3O.HI/c1-20-15(22-11-14-7-2-3-8-23-14)21-10-12-5-4-6-13(9-12)16(17,18)19;/h12-14H,2-11H2,1H3,(H2,20,21,22);1H. The molecule has 0 amide bonds. The van der Waals surface area contributed by atoms with E-state index in [1.54, 1.807) is 7.05 Å². The number of ether oxygens (including phenoxy) is 1. The topological polar surface area (TPSA) is 45.7 Å². The second-order valence-corrected chi connectivity index (χ2v) is 6.59. The fourth-order valence-electron chi connectivity index (χ4n) is 3.41. The molecular weight excluding hydrogens is 434 g/mol. The van der Waals surface area contributed by atoms with Crippen molar-refractivity contribution in [2.24, 2.45) is 16.8 Å². The van der Waals surface area contributed by atoms with Gasteiger partial charge in [-0.2, -0.15) is 13.2 Å². The SMILES string of the molecule is CN=C(NCC1CCCC(C(F)(F)F)C1)NCC1CCCCO1.I. The summed E-state index contributed by atoms with van der Waals surface area (Å²) in [5.74, 6) is -0.443. The second kappa shape index (κ2) is 10.7. The number of alkyl halides is 3. The van der Waals surface area contributed by atoms with Gasteiger partial charge in [-0.3, -0.25) is 4.99 Å². The zero-order valence-electron chi connectivity index (χ0n) is 14.2. The molecule has 142 valence electrons. The smallest absolute Gasteiger partial charge is 0.376 e. The molecule has 3 unspecified atom stereocenters. The van der Waals surface area contributed by atoms with E-state index in [9.17, 15) is 13.2 Å². The highest BCUT2D eigenvalue weighted by Crippen LogP contribution is 2.39. The Labute approximate surface area is 159 Å². The predicted octanol–water partition coefficient (Wildman–Crippen LogP) is 3.71. The lowest BCUT2D eigenvalue weighted by Gasteiger charge is -2.31. The van der Waals surface area contributed by atoms with Crippen LogP contribution >= 0.6 is 24.0 Å². The molecule has 0 aromatic carbocycles. The molecule has 2 N–H and O–H groups in total. The van der Waals surface area contributed by atoms with Crippen molar-refractivity contribution in [3.8, 4) is 0 Å². The number of hydrogen-bond acceptors (Lipinski definition) is 2. The van der Waals surface area contributed by atoms with E-state index in [0.29, 0.717) is 25.5 Å². The maximum Gasteiger partial charge on any atom is 0.391 e. The van der Waals surface area contributed by atoms with Crippen molar-refractivity contribution in [1.82, 2.24) is 10.6 Å². The first kappa shape index (κ1) is 21.8. The Morgan fingerprint density at radius 3 is 2.46 bits per heavy atom. The summed E-state index contributed by atoms with van der Waals surface area (Å²) in [6.45, 7) is 2.03. The Bertz CT molecular complexity index is 387. The summed E-state index contributed by atoms with van der Waals surface area (Å²) in [5.41, 5.74) is 0. The van der Waals surface area contributed by atoms with Crippen LogP contribution in [0.15, 0.2) is 4.99 Å². The Balaban J connectivity index is 0.00000288. The number of aliphatic imine (C=N–C) groups is 1. The molecule has 2 fully saturated rings. The van der Waals surface area contributed by atoms with Gasteiger partial charge in [-0.1, -0.05) is 6.42 Å². The first-order valence-electron chi connectivity index (χ1n) is 8.62. The lowest BCUT2D eigenvalue weighted by Crippen LogP contribution is -2.44. The van der Waals surface area contributed by atoms with E-state index in [4.69, 9.17) is 4.74 Å². The van der Waals surface area contributed by atoms with E-state index in [1.807, 2.05) is 0 Å². The summed E-state index contributed by atoms with van der Waals surface area (Å²) >= 11 is 0. The molecule has 24 heavy (non-hydrogen) atoms. The van der Waals surface area contributed by atoms with Crippen LogP contribution in [-0.2, 0) is 4.74 Å². The molecule has 2 rings (SSSR count). The summed E-state index contributed by atoms with van der Waals surface area (Å²) in [6, 6.07) is 0. The molecule has 0 aromatic heterocycles. The number of nitrogens with zero attached hydrogens (tertiary/aromatic N) is 1. The van der Waals surface area contributed by atoms with Gasteiger partial charge in [0, 0.05) is 26.7 Å². The van der Waals surface area contributed by atoms with E-state index in [0.717, 1.165) is 25.9 Å². The van der Waals surface area contributed by atoms with Gasteiger partial charge in [0.1, 0.15) is 0 Å². The highest BCUT2D eigenvalue weighted by Gasteiger charge is 2.42. The summed E-state index contributed by atoms with van der Waals surface area (Å²) in [5, 5.41) is 6.38. The van der Waals surface area contributed by atoms with E-state index in [-0.39, 0.29) is 48.8 Å². The number of hydrogen-bond donors (Lipinski definition) is 2. The van der Waals surface area contributed by atoms with Gasteiger partial charge in [-0.15, -0.1) is 24.0 Å². The maximum absolute atomic E-state index is 12.8. The van der Waals surface area contributed by atoms with Crippen LogP contribution in [-0.4, -0.2) is 45.0 Å². The summed E-state index contributed by atoms with van der Waals surface area (Å²) in [7, 11) is 1.68. The van der Waals surface area contributed by atoms with Crippen molar-refractivity contribution in [3.63, 3.8) is 0 Å². The lowest BCUT2D eigenvalue weighted by atomic mass is 9.81. The molecule has 8 heteroatoms. The van der Waals surface area contributed by atoms with Crippen LogP contribution in [0.4, 0.5) is 13.2 Å². The van der Waals surface area contributed by atoms with Gasteiger partial charge in [-0.25, -0.2) is 0 Å². The average molecular weight is 463 g/mol. The van der Waals surface area contributed by atoms with Crippen LogP contribution in [0.1, 0.15) is 44.9 Å². The molecular formula is C16H29F3IN3O. The quantitative estimate of drug-likeness (QED) is 0.380. The highest BCUT2D eigenvalue weighted by atomic mass is 127. The van der Waals surface area contributed by atoms with Crippen molar-refractivity contribution in [2.45, 2.75) is 57.2 Å². The third kappa shape index (κ3) is 7.33. The Morgan fingerprint density at radius 1 is 1.08 bits per heavy atom. The monoisotopic (exact) mass is 463 g/mol. The van der Waals surface area contributed by atoms with Crippen LogP contribution in [0.25, 0.3) is 0 Å². The van der Waals surface area contributed by atoms with Crippen molar-refractivity contribution in [1.29, 1.82) is 0 Å². The highest BCUT2D eigenvalue weighted by molar-refractivity contribution is 14.0. The van der Waals surface area contributed by atoms with Crippen molar-refractivity contribution >= 4 is 29.9 Å². The number of halogens is 4. The molecule has 0 spiro atoms. The zero-order chi connectivity index (χ0) is 16.7. The van der Waals surface area contributed by atoms with Crippen LogP contribution in [0.5, 0.6) is 0 Å². The van der Waals surface area contributed by atoms with E-state index in [1.165, 1.54) is 6.42 Å². The minimum atomic E-state index is -4.06. The molecule has 2 aliphatic rings. The van der Waals surface area contributed by atoms with Gasteiger partial charge in [-0.05, 0) is 44.4 Å². The summed E-state index contributed by atoms with van der Waals surface area (Å²) in [4.78, 5) is 4.14. The molecule has 1 saturated carbocycles. The van der Waals surface area contributed by atoms with Gasteiger partial charge < -0.3 is 15.4 Å². The predicted molar refractivity (Wildman–Crippen MR) is 99.9 cm³/mol. The molecule has 0 bridgehead atoms. The summed E-state index contributed by atoms with van der Waals surface area (Å²) < 4.78 is 44.2. The van der Waals surface area contributed by atoms with E-state index < -0.39 is 12.1 Å². The van der Waals surface area contributed by atoms with Gasteiger partial charge in [0.2, 0.25) is 0 Å². The fraction of sp³-hybridized carbons (Fsp3) is 0.938. The van der Waals surface area contributed by atoms with E-state index in [2.05, 4.69) is 15.6 Å². The fourth-order valence-corrected chi connectivity index (χ4v) is 3.41. The number of guanidine groups is 1. The first-order valence-corrected chi connectivity index (χ1v) is 8.62. The normalized spacial score (nSPS) is 28.8. The van der Waals surface area contributed by atoms with Crippen molar-refractivity contribution in [3.05, 3.63) is 0 Å². The first-order chi connectivity index (χ1) is 11.0. The van der Waals surface area contributed by atoms with Gasteiger partial charge >= 0.3 is 6.18 Å². The number of nitrogens with one attached hydrogen (secondary N) is 2. The molecule has 1 aliphatic heterocycles. The Kier molecular flexibility index (Phi) is 9.69. The van der Waals surface area contributed by atoms with Crippen molar-refractivity contribution < 1.29 is 17.9 Å². The molecule has 3 atom stereocenters. The Hall–Kier alpha value is -0.250. The van der Waals surface area contributed by atoms with Gasteiger partial charge in [0.05, 0.1) is 12.0 Å². The third-order valence-electron chi connectivity index (χ3n) is 4.80. The molecule has 0 radical (unpaired) electrons. The Morgan fingerprint density at radius 2 is 1.83 bits per heavy atom. The number of rotatable bonds is 4. The van der Waals surface area contributed by atoms with Crippen molar-refractivity contribution in [2.75, 3.05) is 26.7 Å². The second-order valence-electron chi connectivity index (χ2n) is 6.59. The summed E-state index contributed by atoms with van der Waals surface area (Å²) in [6.07, 6.45) is 1.47. The zero-order valence-corrected chi connectivity index (χ0v) is 16.5.